The van der Waals surface area contributed by atoms with Gasteiger partial charge < -0.3 is 19.5 Å². The number of cyclic esters (lactones) is 2. The molecular weight excluding hydrogens is 354 g/mol. The van der Waals surface area contributed by atoms with Gasteiger partial charge in [0, 0.05) is 31.3 Å². The molecule has 26 heavy (non-hydrogen) atoms. The number of esters is 2. The van der Waals surface area contributed by atoms with Crippen molar-refractivity contribution in [3.05, 3.63) is 58.4 Å². The minimum absolute atomic E-state index is 0.197. The number of rotatable bonds is 6. The Balaban J connectivity index is 1.66. The minimum atomic E-state index is -1.26. The van der Waals surface area contributed by atoms with Crippen molar-refractivity contribution in [1.82, 2.24) is 0 Å². The highest BCUT2D eigenvalue weighted by Crippen LogP contribution is 2.26. The maximum absolute atomic E-state index is 12.0. The molecule has 0 amide bonds. The zero-order chi connectivity index (χ0) is 18.6. The maximum atomic E-state index is 12.0. The minimum Gasteiger partial charge on any atom is -0.491 e. The summed E-state index contributed by atoms with van der Waals surface area (Å²) < 4.78 is 15.9. The fourth-order valence-electron chi connectivity index (χ4n) is 2.36. The molecule has 3 rings (SSSR count). The van der Waals surface area contributed by atoms with E-state index in [1.807, 2.05) is 29.6 Å². The second kappa shape index (κ2) is 7.61. The van der Waals surface area contributed by atoms with E-state index < -0.39 is 17.7 Å². The number of benzene rings is 1. The van der Waals surface area contributed by atoms with Crippen molar-refractivity contribution in [1.29, 1.82) is 0 Å². The van der Waals surface area contributed by atoms with E-state index in [1.165, 1.54) is 24.9 Å². The van der Waals surface area contributed by atoms with E-state index in [0.29, 0.717) is 18.0 Å². The molecule has 136 valence electrons. The number of para-hydroxylation sites is 2. The lowest BCUT2D eigenvalue weighted by molar-refractivity contribution is -0.222. The number of hydrogen-bond acceptors (Lipinski definition) is 7. The van der Waals surface area contributed by atoms with Crippen molar-refractivity contribution in [2.24, 2.45) is 0 Å². The number of nitrogens with one attached hydrogen (secondary N) is 1. The molecule has 1 aromatic carbocycles. The van der Waals surface area contributed by atoms with Gasteiger partial charge >= 0.3 is 11.9 Å². The summed E-state index contributed by atoms with van der Waals surface area (Å²) in [6.45, 7) is 3.53. The molecule has 7 heteroatoms. The van der Waals surface area contributed by atoms with E-state index in [-0.39, 0.29) is 5.57 Å². The van der Waals surface area contributed by atoms with Crippen molar-refractivity contribution in [3.8, 4) is 5.75 Å². The van der Waals surface area contributed by atoms with Gasteiger partial charge in [0.15, 0.2) is 5.57 Å². The molecule has 1 saturated heterocycles. The zero-order valence-corrected chi connectivity index (χ0v) is 15.3. The Kier molecular flexibility index (Phi) is 5.27. The second-order valence-corrected chi connectivity index (χ2v) is 7.09. The fourth-order valence-corrected chi connectivity index (χ4v) is 3.05. The van der Waals surface area contributed by atoms with Gasteiger partial charge in [-0.2, -0.15) is 0 Å². The Hall–Kier alpha value is -2.80. The molecule has 1 aliphatic rings. The van der Waals surface area contributed by atoms with Crippen LogP contribution in [0.25, 0.3) is 0 Å². The largest absolute Gasteiger partial charge is 0.491 e. The maximum Gasteiger partial charge on any atom is 0.350 e. The molecule has 1 fully saturated rings. The fraction of sp³-hybridized carbons (Fsp3) is 0.263. The topological polar surface area (TPSA) is 73.9 Å². The Morgan fingerprint density at radius 1 is 1.12 bits per heavy atom. The first-order chi connectivity index (χ1) is 12.4. The van der Waals surface area contributed by atoms with Gasteiger partial charge in [-0.15, -0.1) is 11.3 Å². The van der Waals surface area contributed by atoms with Gasteiger partial charge in [0.2, 0.25) is 0 Å². The molecule has 2 aromatic rings. The van der Waals surface area contributed by atoms with Crippen LogP contribution in [-0.2, 0) is 25.5 Å². The zero-order valence-electron chi connectivity index (χ0n) is 14.5. The summed E-state index contributed by atoms with van der Waals surface area (Å²) >= 11 is 1.68. The van der Waals surface area contributed by atoms with Gasteiger partial charge in [0.25, 0.3) is 5.79 Å². The van der Waals surface area contributed by atoms with Crippen LogP contribution in [0.5, 0.6) is 5.75 Å². The van der Waals surface area contributed by atoms with Gasteiger partial charge in [-0.05, 0) is 23.6 Å². The van der Waals surface area contributed by atoms with Crippen LogP contribution in [0.1, 0.15) is 18.7 Å². The molecule has 0 spiro atoms. The third-order valence-corrected chi connectivity index (χ3v) is 4.50. The van der Waals surface area contributed by atoms with Crippen molar-refractivity contribution in [3.63, 3.8) is 0 Å². The molecule has 0 radical (unpaired) electrons. The summed E-state index contributed by atoms with van der Waals surface area (Å²) in [5, 5.41) is 4.96. The van der Waals surface area contributed by atoms with Gasteiger partial charge in [0.05, 0.1) is 12.3 Å². The smallest absolute Gasteiger partial charge is 0.350 e. The van der Waals surface area contributed by atoms with Crippen LogP contribution in [0.4, 0.5) is 5.69 Å². The van der Waals surface area contributed by atoms with Crippen molar-refractivity contribution in [2.75, 3.05) is 11.9 Å². The molecule has 1 aliphatic heterocycles. The molecule has 0 aliphatic carbocycles. The number of carbonyl (C=O) groups excluding carboxylic acids is 2. The first-order valence-corrected chi connectivity index (χ1v) is 9.00. The van der Waals surface area contributed by atoms with Crippen LogP contribution in [-0.4, -0.2) is 24.3 Å². The van der Waals surface area contributed by atoms with Crippen molar-refractivity contribution < 1.29 is 23.8 Å². The molecule has 0 unspecified atom stereocenters. The third kappa shape index (κ3) is 4.43. The van der Waals surface area contributed by atoms with Crippen LogP contribution < -0.4 is 10.1 Å². The van der Waals surface area contributed by atoms with Crippen LogP contribution in [0.15, 0.2) is 53.6 Å². The van der Waals surface area contributed by atoms with Crippen molar-refractivity contribution >= 4 is 29.0 Å². The number of hydrogen-bond donors (Lipinski definition) is 1. The summed E-state index contributed by atoms with van der Waals surface area (Å²) in [6.07, 6.45) is 2.09. The average Bonchev–Trinajstić information content (AvgIpc) is 3.07. The molecule has 6 nitrogen and oxygen atoms in total. The predicted octanol–water partition coefficient (Wildman–Crippen LogP) is 3.50. The lowest BCUT2D eigenvalue weighted by atomic mass is 10.2. The Morgan fingerprint density at radius 3 is 2.54 bits per heavy atom. The van der Waals surface area contributed by atoms with Crippen molar-refractivity contribution in [2.45, 2.75) is 26.1 Å². The molecule has 2 heterocycles. The SMILES string of the molecule is CC1(C)OC(=O)C(=CNc2ccccc2OCCc2cccs2)C(=O)O1. The quantitative estimate of drug-likeness (QED) is 0.475. The highest BCUT2D eigenvalue weighted by atomic mass is 32.1. The molecular formula is C19H19NO5S. The molecule has 0 saturated carbocycles. The highest BCUT2D eigenvalue weighted by molar-refractivity contribution is 7.09. The van der Waals surface area contributed by atoms with E-state index in [4.69, 9.17) is 14.2 Å². The van der Waals surface area contributed by atoms with E-state index in [2.05, 4.69) is 11.4 Å². The summed E-state index contributed by atoms with van der Waals surface area (Å²) in [5.74, 6) is -2.09. The second-order valence-electron chi connectivity index (χ2n) is 6.06. The summed E-state index contributed by atoms with van der Waals surface area (Å²) in [7, 11) is 0. The highest BCUT2D eigenvalue weighted by Gasteiger charge is 2.38. The predicted molar refractivity (Wildman–Crippen MR) is 97.9 cm³/mol. The number of thiophene rings is 1. The average molecular weight is 373 g/mol. The summed E-state index contributed by atoms with van der Waals surface area (Å²) in [5.41, 5.74) is 0.439. The number of anilines is 1. The van der Waals surface area contributed by atoms with Gasteiger partial charge in [-0.3, -0.25) is 0 Å². The first kappa shape index (κ1) is 18.0. The van der Waals surface area contributed by atoms with Crippen LogP contribution in [0, 0.1) is 0 Å². The number of ether oxygens (including phenoxy) is 3. The summed E-state index contributed by atoms with van der Waals surface area (Å²) in [4.78, 5) is 25.2. The molecule has 0 bridgehead atoms. The lowest BCUT2D eigenvalue weighted by Crippen LogP contribution is -2.42. The van der Waals surface area contributed by atoms with E-state index in [1.54, 1.807) is 17.4 Å². The van der Waals surface area contributed by atoms with E-state index >= 15 is 0 Å². The molecule has 0 atom stereocenters. The standard InChI is InChI=1S/C19H19NO5S/c1-19(2)24-17(21)14(18(22)25-19)12-20-15-7-3-4-8-16(15)23-10-9-13-6-5-11-26-13/h3-8,11-12,20H,9-10H2,1-2H3. The van der Waals surface area contributed by atoms with E-state index in [0.717, 1.165) is 6.42 Å². The monoisotopic (exact) mass is 373 g/mol. The Labute approximate surface area is 155 Å². The molecule has 1 N–H and O–H groups in total. The van der Waals surface area contributed by atoms with Crippen LogP contribution >= 0.6 is 11.3 Å². The number of carbonyl (C=O) groups is 2. The Bertz CT molecular complexity index is 804. The van der Waals surface area contributed by atoms with Crippen LogP contribution in [0.3, 0.4) is 0 Å². The van der Waals surface area contributed by atoms with Crippen LogP contribution in [0.2, 0.25) is 0 Å². The first-order valence-electron chi connectivity index (χ1n) is 8.12. The lowest BCUT2D eigenvalue weighted by Gasteiger charge is -2.29. The van der Waals surface area contributed by atoms with Gasteiger partial charge in [0.1, 0.15) is 5.75 Å². The normalized spacial score (nSPS) is 15.8. The Morgan fingerprint density at radius 2 is 1.85 bits per heavy atom. The summed E-state index contributed by atoms with van der Waals surface area (Å²) in [6, 6.07) is 11.4. The van der Waals surface area contributed by atoms with E-state index in [9.17, 15) is 9.59 Å². The van der Waals surface area contributed by atoms with Gasteiger partial charge in [-0.1, -0.05) is 18.2 Å². The molecule has 1 aromatic heterocycles. The van der Waals surface area contributed by atoms with Gasteiger partial charge in [-0.25, -0.2) is 9.59 Å². The third-order valence-electron chi connectivity index (χ3n) is 3.56.